The molecule has 13 heavy (non-hydrogen) atoms. The average Bonchev–Trinajstić information content (AvgIpc) is 2.19. The predicted molar refractivity (Wildman–Crippen MR) is 48.8 cm³/mol. The van der Waals surface area contributed by atoms with E-state index in [0.29, 0.717) is 18.5 Å². The van der Waals surface area contributed by atoms with E-state index in [1.165, 1.54) is 18.2 Å². The Morgan fingerprint density at radius 1 is 1.62 bits per heavy atom. The van der Waals surface area contributed by atoms with Crippen LogP contribution >= 0.6 is 0 Å². The van der Waals surface area contributed by atoms with Crippen molar-refractivity contribution < 1.29 is 9.53 Å². The SMILES string of the molecule is CC/C(C#N)=C/N(CC)C(=O)OC. The van der Waals surface area contributed by atoms with Gasteiger partial charge in [-0.15, -0.1) is 0 Å². The van der Waals surface area contributed by atoms with E-state index in [0.717, 1.165) is 0 Å². The smallest absolute Gasteiger partial charge is 0.413 e. The number of nitriles is 1. The Morgan fingerprint density at radius 2 is 2.23 bits per heavy atom. The molecule has 0 radical (unpaired) electrons. The van der Waals surface area contributed by atoms with Gasteiger partial charge in [0.25, 0.3) is 0 Å². The average molecular weight is 182 g/mol. The van der Waals surface area contributed by atoms with Gasteiger partial charge in [-0.25, -0.2) is 4.79 Å². The Balaban J connectivity index is 4.52. The molecule has 0 fully saturated rings. The molecular formula is C9H14N2O2. The zero-order valence-electron chi connectivity index (χ0n) is 8.20. The number of ether oxygens (including phenoxy) is 1. The molecule has 72 valence electrons. The molecular weight excluding hydrogens is 168 g/mol. The highest BCUT2D eigenvalue weighted by atomic mass is 16.5. The van der Waals surface area contributed by atoms with Crippen LogP contribution in [0.1, 0.15) is 20.3 Å². The molecule has 0 rings (SSSR count). The maximum atomic E-state index is 11.1. The Bertz CT molecular complexity index is 240. The van der Waals surface area contributed by atoms with Gasteiger partial charge >= 0.3 is 6.09 Å². The summed E-state index contributed by atoms with van der Waals surface area (Å²) in [6.07, 6.45) is 1.69. The quantitative estimate of drug-likeness (QED) is 0.626. The topological polar surface area (TPSA) is 53.3 Å². The normalized spacial score (nSPS) is 10.5. The number of rotatable bonds is 3. The monoisotopic (exact) mass is 182 g/mol. The van der Waals surface area contributed by atoms with Gasteiger partial charge in [0.1, 0.15) is 0 Å². The molecule has 0 spiro atoms. The first-order chi connectivity index (χ1) is 6.19. The minimum atomic E-state index is -0.441. The number of carbonyl (C=O) groups excluding carboxylic acids is 1. The highest BCUT2D eigenvalue weighted by Gasteiger charge is 2.08. The second-order valence-electron chi connectivity index (χ2n) is 2.38. The third kappa shape index (κ3) is 3.61. The van der Waals surface area contributed by atoms with E-state index in [9.17, 15) is 4.79 Å². The lowest BCUT2D eigenvalue weighted by Crippen LogP contribution is -2.25. The summed E-state index contributed by atoms with van der Waals surface area (Å²) < 4.78 is 4.53. The minimum absolute atomic E-state index is 0.441. The van der Waals surface area contributed by atoms with Crippen molar-refractivity contribution in [2.75, 3.05) is 13.7 Å². The third-order valence-corrected chi connectivity index (χ3v) is 1.59. The van der Waals surface area contributed by atoms with Crippen molar-refractivity contribution in [1.82, 2.24) is 4.90 Å². The number of hydrogen-bond acceptors (Lipinski definition) is 3. The van der Waals surface area contributed by atoms with Gasteiger partial charge in [0.2, 0.25) is 0 Å². The summed E-state index contributed by atoms with van der Waals surface area (Å²) in [5.74, 6) is 0. The summed E-state index contributed by atoms with van der Waals surface area (Å²) in [6.45, 7) is 4.18. The summed E-state index contributed by atoms with van der Waals surface area (Å²) in [4.78, 5) is 12.4. The second-order valence-corrected chi connectivity index (χ2v) is 2.38. The molecule has 0 atom stereocenters. The molecule has 0 aromatic carbocycles. The molecule has 0 saturated heterocycles. The van der Waals surface area contributed by atoms with Crippen LogP contribution in [-0.4, -0.2) is 24.6 Å². The van der Waals surface area contributed by atoms with Crippen LogP contribution in [0.3, 0.4) is 0 Å². The van der Waals surface area contributed by atoms with E-state index in [-0.39, 0.29) is 0 Å². The van der Waals surface area contributed by atoms with E-state index in [1.807, 2.05) is 19.9 Å². The number of allylic oxidation sites excluding steroid dienone is 1. The Morgan fingerprint density at radius 3 is 2.54 bits per heavy atom. The largest absolute Gasteiger partial charge is 0.452 e. The molecule has 0 N–H and O–H groups in total. The van der Waals surface area contributed by atoms with E-state index in [1.54, 1.807) is 0 Å². The Hall–Kier alpha value is -1.50. The van der Waals surface area contributed by atoms with Crippen molar-refractivity contribution >= 4 is 6.09 Å². The molecule has 0 aliphatic heterocycles. The lowest BCUT2D eigenvalue weighted by molar-refractivity contribution is 0.141. The van der Waals surface area contributed by atoms with Crippen LogP contribution in [0.25, 0.3) is 0 Å². The van der Waals surface area contributed by atoms with Gasteiger partial charge < -0.3 is 4.74 Å². The summed E-state index contributed by atoms with van der Waals surface area (Å²) in [5.41, 5.74) is 0.562. The fraction of sp³-hybridized carbons (Fsp3) is 0.556. The molecule has 4 heteroatoms. The molecule has 0 bridgehead atoms. The van der Waals surface area contributed by atoms with Crippen molar-refractivity contribution in [2.45, 2.75) is 20.3 Å². The van der Waals surface area contributed by atoms with Gasteiger partial charge in [0.15, 0.2) is 0 Å². The first-order valence-electron chi connectivity index (χ1n) is 4.14. The van der Waals surface area contributed by atoms with Gasteiger partial charge in [-0.3, -0.25) is 4.90 Å². The van der Waals surface area contributed by atoms with Crippen molar-refractivity contribution in [2.24, 2.45) is 0 Å². The van der Waals surface area contributed by atoms with Crippen LogP contribution in [0.15, 0.2) is 11.8 Å². The molecule has 0 aromatic rings. The minimum Gasteiger partial charge on any atom is -0.452 e. The maximum absolute atomic E-state index is 11.1. The van der Waals surface area contributed by atoms with Gasteiger partial charge in [0, 0.05) is 18.3 Å². The molecule has 0 aliphatic carbocycles. The maximum Gasteiger partial charge on any atom is 0.413 e. The predicted octanol–water partition coefficient (Wildman–Crippen LogP) is 1.89. The molecule has 0 aromatic heterocycles. The lowest BCUT2D eigenvalue weighted by Gasteiger charge is -2.14. The lowest BCUT2D eigenvalue weighted by atomic mass is 10.2. The standard InChI is InChI=1S/C9H14N2O2/c1-4-8(6-10)7-11(5-2)9(12)13-3/h7H,4-5H2,1-3H3/b8-7-. The zero-order valence-corrected chi connectivity index (χ0v) is 8.20. The highest BCUT2D eigenvalue weighted by molar-refractivity contribution is 5.68. The number of hydrogen-bond donors (Lipinski definition) is 0. The van der Waals surface area contributed by atoms with Crippen LogP contribution < -0.4 is 0 Å². The molecule has 4 nitrogen and oxygen atoms in total. The Kier molecular flexibility index (Phi) is 5.37. The summed E-state index contributed by atoms with van der Waals surface area (Å²) in [6, 6.07) is 2.01. The first kappa shape index (κ1) is 11.5. The number of methoxy groups -OCH3 is 1. The molecule has 1 amide bonds. The van der Waals surface area contributed by atoms with Gasteiger partial charge in [0.05, 0.1) is 13.2 Å². The van der Waals surface area contributed by atoms with Gasteiger partial charge in [-0.2, -0.15) is 5.26 Å². The third-order valence-electron chi connectivity index (χ3n) is 1.59. The summed E-state index contributed by atoms with van der Waals surface area (Å²) in [5, 5.41) is 8.63. The summed E-state index contributed by atoms with van der Waals surface area (Å²) in [7, 11) is 1.32. The molecule has 0 aliphatic rings. The van der Waals surface area contributed by atoms with Crippen LogP contribution in [0.5, 0.6) is 0 Å². The van der Waals surface area contributed by atoms with Gasteiger partial charge in [-0.05, 0) is 13.3 Å². The van der Waals surface area contributed by atoms with Crippen molar-refractivity contribution in [3.8, 4) is 6.07 Å². The fourth-order valence-corrected chi connectivity index (χ4v) is 0.778. The number of carbonyl (C=O) groups is 1. The molecule has 0 saturated carbocycles. The van der Waals surface area contributed by atoms with Crippen molar-refractivity contribution in [1.29, 1.82) is 5.26 Å². The summed E-state index contributed by atoms with van der Waals surface area (Å²) >= 11 is 0. The van der Waals surface area contributed by atoms with E-state index >= 15 is 0 Å². The fourth-order valence-electron chi connectivity index (χ4n) is 0.778. The van der Waals surface area contributed by atoms with Crippen LogP contribution in [0.4, 0.5) is 4.79 Å². The van der Waals surface area contributed by atoms with Crippen LogP contribution in [-0.2, 0) is 4.74 Å². The van der Waals surface area contributed by atoms with Crippen LogP contribution in [0.2, 0.25) is 0 Å². The highest BCUT2D eigenvalue weighted by Crippen LogP contribution is 2.02. The van der Waals surface area contributed by atoms with Crippen molar-refractivity contribution in [3.63, 3.8) is 0 Å². The van der Waals surface area contributed by atoms with E-state index < -0.39 is 6.09 Å². The zero-order chi connectivity index (χ0) is 10.3. The number of amides is 1. The molecule has 0 heterocycles. The van der Waals surface area contributed by atoms with E-state index in [4.69, 9.17) is 5.26 Å². The Labute approximate surface area is 78.4 Å². The van der Waals surface area contributed by atoms with E-state index in [2.05, 4.69) is 4.74 Å². The van der Waals surface area contributed by atoms with Crippen LogP contribution in [0, 0.1) is 11.3 Å². The first-order valence-corrected chi connectivity index (χ1v) is 4.14. The second kappa shape index (κ2) is 6.06. The number of nitrogens with zero attached hydrogens (tertiary/aromatic N) is 2. The van der Waals surface area contributed by atoms with Crippen molar-refractivity contribution in [3.05, 3.63) is 11.8 Å². The molecule has 0 unspecified atom stereocenters. The van der Waals surface area contributed by atoms with Gasteiger partial charge in [-0.1, -0.05) is 6.92 Å².